The second kappa shape index (κ2) is 7.59. The molecule has 5 fully saturated rings. The number of carbonyl (C=O) groups is 2. The van der Waals surface area contributed by atoms with Gasteiger partial charge in [0.1, 0.15) is 0 Å². The summed E-state index contributed by atoms with van der Waals surface area (Å²) in [4.78, 5) is 27.7. The maximum atomic E-state index is 13.1. The molecule has 0 aromatic heterocycles. The minimum atomic E-state index is 0.0654. The van der Waals surface area contributed by atoms with Gasteiger partial charge in [-0.2, -0.15) is 0 Å². The maximum Gasteiger partial charge on any atom is 0.223 e. The Balaban J connectivity index is 1.30. The van der Waals surface area contributed by atoms with E-state index >= 15 is 0 Å². The summed E-state index contributed by atoms with van der Waals surface area (Å²) in [7, 11) is 0. The van der Waals surface area contributed by atoms with Crippen LogP contribution in [0.3, 0.4) is 0 Å². The van der Waals surface area contributed by atoms with E-state index in [0.29, 0.717) is 16.1 Å². The highest BCUT2D eigenvalue weighted by molar-refractivity contribution is 9.10. The van der Waals surface area contributed by atoms with Gasteiger partial charge in [-0.1, -0.05) is 29.8 Å². The van der Waals surface area contributed by atoms with Crippen molar-refractivity contribution in [2.45, 2.75) is 88.9 Å². The average Bonchev–Trinajstić information content (AvgIpc) is 2.59. The van der Waals surface area contributed by atoms with Crippen molar-refractivity contribution in [1.29, 1.82) is 0 Å². The highest BCUT2D eigenvalue weighted by atomic mass is 79.9. The first-order chi connectivity index (χ1) is 13.2. The zero-order valence-corrected chi connectivity index (χ0v) is 19.4. The van der Waals surface area contributed by atoms with Crippen molar-refractivity contribution in [2.75, 3.05) is 13.1 Å². The van der Waals surface area contributed by atoms with Crippen LogP contribution < -0.4 is 5.32 Å². The Morgan fingerprint density at radius 2 is 1.68 bits per heavy atom. The minimum Gasteiger partial charge on any atom is -0.353 e. The van der Waals surface area contributed by atoms with E-state index in [2.05, 4.69) is 46.9 Å². The number of alkyl halides is 1. The van der Waals surface area contributed by atoms with Crippen molar-refractivity contribution >= 4 is 27.7 Å². The van der Waals surface area contributed by atoms with Gasteiger partial charge in [-0.15, -0.1) is 0 Å². The van der Waals surface area contributed by atoms with Gasteiger partial charge in [0.25, 0.3) is 0 Å². The Morgan fingerprint density at radius 1 is 1.07 bits per heavy atom. The van der Waals surface area contributed by atoms with Crippen molar-refractivity contribution in [3.05, 3.63) is 0 Å². The predicted molar refractivity (Wildman–Crippen MR) is 115 cm³/mol. The molecule has 158 valence electrons. The number of hydrogen-bond donors (Lipinski definition) is 1. The van der Waals surface area contributed by atoms with Gasteiger partial charge in [-0.25, -0.2) is 0 Å². The number of nitrogens with one attached hydrogen (secondary N) is 1. The van der Waals surface area contributed by atoms with Crippen LogP contribution in [0, 0.1) is 29.1 Å². The Kier molecular flexibility index (Phi) is 5.61. The zero-order chi connectivity index (χ0) is 20.1. The molecule has 0 aromatic rings. The summed E-state index contributed by atoms with van der Waals surface area (Å²) in [5, 5.41) is 3.15. The molecule has 1 heterocycles. The van der Waals surface area contributed by atoms with Crippen LogP contribution in [0.4, 0.5) is 0 Å². The van der Waals surface area contributed by atoms with Crippen LogP contribution in [-0.4, -0.2) is 40.2 Å². The molecule has 0 radical (unpaired) electrons. The maximum absolute atomic E-state index is 13.1. The van der Waals surface area contributed by atoms with Crippen LogP contribution in [0.15, 0.2) is 0 Å². The predicted octanol–water partition coefficient (Wildman–Crippen LogP) is 4.51. The lowest BCUT2D eigenvalue weighted by Crippen LogP contribution is -2.54. The minimum absolute atomic E-state index is 0.0654. The summed E-state index contributed by atoms with van der Waals surface area (Å²) in [6.07, 6.45) is 10.1. The molecular formula is C23H37BrN2O2. The third-order valence-electron chi connectivity index (χ3n) is 8.23. The van der Waals surface area contributed by atoms with Crippen LogP contribution in [0.1, 0.15) is 78.6 Å². The third kappa shape index (κ3) is 4.15. The van der Waals surface area contributed by atoms with Crippen LogP contribution in [0.25, 0.3) is 0 Å². The second-order valence-corrected chi connectivity index (χ2v) is 12.7. The van der Waals surface area contributed by atoms with Crippen LogP contribution in [-0.2, 0) is 9.59 Å². The number of hydrogen-bond acceptors (Lipinski definition) is 2. The molecule has 5 rings (SSSR count). The third-order valence-corrected chi connectivity index (χ3v) is 9.15. The van der Waals surface area contributed by atoms with Gasteiger partial charge in [0.15, 0.2) is 0 Å². The standard InChI is InChI=1S/C23H37BrN2O2/c1-15(2)16(3)25-21(28)19-4-6-26(7-5-19)20(27)13-22-9-17-8-18(10-22)12-23(24,11-17)14-22/h15-19H,4-14H2,1-3H3,(H,25,28). The van der Waals surface area contributed by atoms with Gasteiger partial charge >= 0.3 is 0 Å². The van der Waals surface area contributed by atoms with Crippen molar-refractivity contribution < 1.29 is 9.59 Å². The Hall–Kier alpha value is -0.580. The molecule has 5 heteroatoms. The van der Waals surface area contributed by atoms with E-state index < -0.39 is 0 Å². The summed E-state index contributed by atoms with van der Waals surface area (Å²) >= 11 is 4.06. The van der Waals surface area contributed by atoms with E-state index in [-0.39, 0.29) is 23.3 Å². The topological polar surface area (TPSA) is 49.4 Å². The molecule has 3 atom stereocenters. The van der Waals surface area contributed by atoms with Gasteiger partial charge < -0.3 is 10.2 Å². The zero-order valence-electron chi connectivity index (χ0n) is 17.8. The molecule has 1 N–H and O–H groups in total. The SMILES string of the molecule is CC(C)C(C)NC(=O)C1CCN(C(=O)CC23CC4CC(CC(Br)(C4)C2)C3)CC1. The van der Waals surface area contributed by atoms with Crippen molar-refractivity contribution in [1.82, 2.24) is 10.2 Å². The monoisotopic (exact) mass is 452 g/mol. The van der Waals surface area contributed by atoms with Gasteiger partial charge in [-0.3, -0.25) is 9.59 Å². The molecule has 4 nitrogen and oxygen atoms in total. The molecule has 0 spiro atoms. The molecule has 3 unspecified atom stereocenters. The van der Waals surface area contributed by atoms with Crippen LogP contribution >= 0.6 is 15.9 Å². The highest BCUT2D eigenvalue weighted by Crippen LogP contribution is 2.65. The first-order valence-corrected chi connectivity index (χ1v) is 12.2. The number of rotatable bonds is 5. The van der Waals surface area contributed by atoms with Crippen molar-refractivity contribution in [3.63, 3.8) is 0 Å². The molecule has 1 saturated heterocycles. The van der Waals surface area contributed by atoms with E-state index in [1.165, 1.54) is 38.5 Å². The Labute approximate surface area is 178 Å². The fraction of sp³-hybridized carbons (Fsp3) is 0.913. The smallest absolute Gasteiger partial charge is 0.223 e. The van der Waals surface area contributed by atoms with E-state index in [9.17, 15) is 9.59 Å². The number of amides is 2. The lowest BCUT2D eigenvalue weighted by Gasteiger charge is -2.60. The van der Waals surface area contributed by atoms with E-state index in [1.54, 1.807) is 0 Å². The van der Waals surface area contributed by atoms with Crippen LogP contribution in [0.2, 0.25) is 0 Å². The summed E-state index contributed by atoms with van der Waals surface area (Å²) in [6.45, 7) is 7.83. The summed E-state index contributed by atoms with van der Waals surface area (Å²) in [5.74, 6) is 2.68. The van der Waals surface area contributed by atoms with Crippen molar-refractivity contribution in [2.24, 2.45) is 29.1 Å². The van der Waals surface area contributed by atoms with Gasteiger partial charge in [-0.05, 0) is 81.5 Å². The van der Waals surface area contributed by atoms with Gasteiger partial charge in [0.05, 0.1) is 0 Å². The molecule has 4 aliphatic carbocycles. The first kappa shape index (κ1) is 20.7. The van der Waals surface area contributed by atoms with Crippen molar-refractivity contribution in [3.8, 4) is 0 Å². The Bertz CT molecular complexity index is 612. The molecule has 4 bridgehead atoms. The summed E-state index contributed by atoms with van der Waals surface area (Å²) < 4.78 is 0.315. The second-order valence-electron chi connectivity index (χ2n) is 11.0. The molecular weight excluding hydrogens is 416 g/mol. The average molecular weight is 453 g/mol. The normalized spacial score (nSPS) is 38.7. The molecule has 4 saturated carbocycles. The number of likely N-dealkylation sites (tertiary alicyclic amines) is 1. The number of halogens is 1. The van der Waals surface area contributed by atoms with E-state index in [4.69, 9.17) is 0 Å². The lowest BCUT2D eigenvalue weighted by molar-refractivity contribution is -0.141. The molecule has 28 heavy (non-hydrogen) atoms. The van der Waals surface area contributed by atoms with Gasteiger partial charge in [0.2, 0.25) is 11.8 Å². The molecule has 1 aliphatic heterocycles. The lowest BCUT2D eigenvalue weighted by atomic mass is 9.48. The molecule has 0 aromatic carbocycles. The van der Waals surface area contributed by atoms with Crippen LogP contribution in [0.5, 0.6) is 0 Å². The fourth-order valence-corrected chi connectivity index (χ4v) is 8.39. The Morgan fingerprint density at radius 3 is 2.21 bits per heavy atom. The number of carbonyl (C=O) groups excluding carboxylic acids is 2. The summed E-state index contributed by atoms with van der Waals surface area (Å²) in [6, 6.07) is 0.208. The highest BCUT2D eigenvalue weighted by Gasteiger charge is 2.57. The number of piperidine rings is 1. The quantitative estimate of drug-likeness (QED) is 0.623. The number of nitrogens with zero attached hydrogens (tertiary/aromatic N) is 1. The van der Waals surface area contributed by atoms with E-state index in [1.807, 2.05) is 0 Å². The summed E-state index contributed by atoms with van der Waals surface area (Å²) in [5.41, 5.74) is 0.242. The van der Waals surface area contributed by atoms with Gasteiger partial charge in [0, 0.05) is 35.8 Å². The first-order valence-electron chi connectivity index (χ1n) is 11.4. The molecule has 2 amide bonds. The fourth-order valence-electron chi connectivity index (χ4n) is 6.88. The largest absolute Gasteiger partial charge is 0.353 e. The molecule has 5 aliphatic rings. The van der Waals surface area contributed by atoms with E-state index in [0.717, 1.165) is 44.2 Å².